The minimum absolute atomic E-state index is 0. The van der Waals surface area contributed by atoms with Crippen molar-refractivity contribution in [2.75, 3.05) is 0 Å². The summed E-state index contributed by atoms with van der Waals surface area (Å²) in [6.07, 6.45) is 4.14. The molecule has 0 amide bonds. The first-order valence-electron chi connectivity index (χ1n) is 13.7. The SMILES string of the molecule is CC1=[C-]C(C)([Si](c2cc(C)cc(C)c2)(c2cc(C)cc(C)c2)c2cc(C)cc([Si](C)(C)C)c2)C(C)=C1C.[Cl-].[Cl-].[Cl-].[Ti+4]. The molecule has 0 bridgehead atoms. The van der Waals surface area contributed by atoms with Gasteiger partial charge in [-0.1, -0.05) is 133 Å². The van der Waals surface area contributed by atoms with Crippen molar-refractivity contribution in [2.45, 2.75) is 87.0 Å². The van der Waals surface area contributed by atoms with Crippen LogP contribution in [0.3, 0.4) is 0 Å². The molecule has 0 saturated carbocycles. The molecule has 0 nitrogen and oxygen atoms in total. The molecule has 1 atom stereocenters. The van der Waals surface area contributed by atoms with Crippen LogP contribution >= 0.6 is 0 Å². The fourth-order valence-corrected chi connectivity index (χ4v) is 14.6. The molecular weight excluding hydrogens is 631 g/mol. The summed E-state index contributed by atoms with van der Waals surface area (Å²) < 4.78 is 0. The zero-order valence-electron chi connectivity index (χ0n) is 26.8. The molecule has 3 aromatic carbocycles. The van der Waals surface area contributed by atoms with Crippen LogP contribution in [0.5, 0.6) is 0 Å². The van der Waals surface area contributed by atoms with Gasteiger partial charge in [0.15, 0.2) is 0 Å². The fraction of sp³-hybridized carbons (Fsp3) is 0.371. The van der Waals surface area contributed by atoms with Gasteiger partial charge in [-0.25, -0.2) is 5.57 Å². The Morgan fingerprint density at radius 1 is 0.512 bits per heavy atom. The van der Waals surface area contributed by atoms with E-state index < -0.39 is 16.1 Å². The monoisotopic (exact) mass is 674 g/mol. The Bertz CT molecular complexity index is 1370. The standard InChI is InChI=1S/C35H45Si2.3ClH.Ti/c1-23-13-24(2)17-32(16-23)37(33-18-25(3)14-26(4)19-33,35(9)22-28(6)29(7)30(35)8)34-20-27(5)15-31(21-34)36(10,11)12;;;;/h13-21H,1-12H3;3*1H;/q-1;;;;+4/p-3. The van der Waals surface area contributed by atoms with Crippen molar-refractivity contribution in [1.82, 2.24) is 0 Å². The molecule has 0 fully saturated rings. The quantitative estimate of drug-likeness (QED) is 0.169. The third-order valence-electron chi connectivity index (χ3n) is 8.75. The summed E-state index contributed by atoms with van der Waals surface area (Å²) in [4.78, 5) is 0. The minimum Gasteiger partial charge on any atom is -1.00 e. The molecule has 0 aliphatic heterocycles. The van der Waals surface area contributed by atoms with Crippen LogP contribution < -0.4 is 58.0 Å². The molecular formula is C35H45Cl3Si2Ti. The number of halogens is 3. The molecule has 3 aromatic rings. The smallest absolute Gasteiger partial charge is 1.00 e. The topological polar surface area (TPSA) is 0 Å². The van der Waals surface area contributed by atoms with E-state index >= 15 is 0 Å². The Balaban J connectivity index is 0.00000400. The van der Waals surface area contributed by atoms with E-state index in [1.807, 2.05) is 0 Å². The molecule has 1 aliphatic carbocycles. The zero-order valence-corrected chi connectivity index (χ0v) is 32.7. The van der Waals surface area contributed by atoms with Gasteiger partial charge in [-0.3, -0.25) is 6.08 Å². The number of hydrogen-bond donors (Lipinski definition) is 0. The van der Waals surface area contributed by atoms with E-state index in [0.29, 0.717) is 0 Å². The molecule has 4 rings (SSSR count). The summed E-state index contributed by atoms with van der Waals surface area (Å²) in [6.45, 7) is 28.2. The molecule has 0 heterocycles. The largest absolute Gasteiger partial charge is 4.00 e. The number of rotatable bonds is 5. The van der Waals surface area contributed by atoms with Crippen molar-refractivity contribution in [2.24, 2.45) is 0 Å². The Kier molecular flexibility index (Phi) is 14.0. The van der Waals surface area contributed by atoms with Crippen molar-refractivity contribution in [3.63, 3.8) is 0 Å². The van der Waals surface area contributed by atoms with Gasteiger partial charge in [-0.05, 0) is 50.2 Å². The van der Waals surface area contributed by atoms with E-state index in [9.17, 15) is 0 Å². The fourth-order valence-electron chi connectivity index (χ4n) is 6.77. The van der Waals surface area contributed by atoms with Gasteiger partial charge >= 0.3 is 21.7 Å². The Morgan fingerprint density at radius 3 is 1.15 bits per heavy atom. The summed E-state index contributed by atoms with van der Waals surface area (Å²) in [5, 5.41) is 5.87. The molecule has 1 aliphatic rings. The molecule has 1 unspecified atom stereocenters. The first kappa shape index (κ1) is 40.2. The van der Waals surface area contributed by atoms with Gasteiger partial charge in [0.25, 0.3) is 0 Å². The van der Waals surface area contributed by atoms with Crippen LogP contribution in [0.4, 0.5) is 0 Å². The van der Waals surface area contributed by atoms with Crippen LogP contribution in [0.25, 0.3) is 0 Å². The second kappa shape index (κ2) is 14.3. The minimum atomic E-state index is -2.70. The van der Waals surface area contributed by atoms with E-state index in [-0.39, 0.29) is 64.0 Å². The second-order valence-corrected chi connectivity index (χ2v) is 22.3. The third-order valence-corrected chi connectivity index (χ3v) is 16.2. The predicted molar refractivity (Wildman–Crippen MR) is 170 cm³/mol. The average molecular weight is 676 g/mol. The van der Waals surface area contributed by atoms with E-state index in [2.05, 4.69) is 143 Å². The van der Waals surface area contributed by atoms with Crippen LogP contribution in [-0.4, -0.2) is 16.1 Å². The summed E-state index contributed by atoms with van der Waals surface area (Å²) in [7, 11) is -4.24. The van der Waals surface area contributed by atoms with Crippen molar-refractivity contribution < 1.29 is 58.9 Å². The maximum absolute atomic E-state index is 4.14. The van der Waals surface area contributed by atoms with Crippen LogP contribution in [-0.2, 0) is 21.7 Å². The molecule has 41 heavy (non-hydrogen) atoms. The van der Waals surface area contributed by atoms with E-state index in [0.717, 1.165) is 0 Å². The first-order valence-corrected chi connectivity index (χ1v) is 19.2. The van der Waals surface area contributed by atoms with E-state index in [4.69, 9.17) is 0 Å². The van der Waals surface area contributed by atoms with Crippen molar-refractivity contribution in [1.29, 1.82) is 0 Å². The van der Waals surface area contributed by atoms with Crippen LogP contribution in [0, 0.1) is 40.7 Å². The van der Waals surface area contributed by atoms with Crippen molar-refractivity contribution in [3.8, 4) is 0 Å². The number of aryl methyl sites for hydroxylation is 5. The van der Waals surface area contributed by atoms with Crippen molar-refractivity contribution in [3.05, 3.63) is 105 Å². The summed E-state index contributed by atoms with van der Waals surface area (Å²) in [5.41, 5.74) is 10.9. The zero-order chi connectivity index (χ0) is 27.5. The second-order valence-electron chi connectivity index (χ2n) is 13.0. The van der Waals surface area contributed by atoms with Crippen LogP contribution in [0.2, 0.25) is 24.7 Å². The number of hydrogen-bond acceptors (Lipinski definition) is 0. The Morgan fingerprint density at radius 2 is 0.829 bits per heavy atom. The maximum Gasteiger partial charge on any atom is 4.00 e. The van der Waals surface area contributed by atoms with Gasteiger partial charge < -0.3 is 37.2 Å². The summed E-state index contributed by atoms with van der Waals surface area (Å²) in [6, 6.07) is 22.2. The van der Waals surface area contributed by atoms with Crippen LogP contribution in [0.1, 0.15) is 55.5 Å². The maximum atomic E-state index is 4.14. The van der Waals surface area contributed by atoms with Gasteiger partial charge in [0.1, 0.15) is 8.07 Å². The predicted octanol–water partition coefficient (Wildman–Crippen LogP) is -1.89. The normalized spacial score (nSPS) is 16.6. The van der Waals surface area contributed by atoms with Gasteiger partial charge in [-0.15, -0.1) is 6.92 Å². The average Bonchev–Trinajstić information content (AvgIpc) is 2.95. The molecule has 0 aromatic heterocycles. The van der Waals surface area contributed by atoms with Crippen molar-refractivity contribution >= 4 is 36.9 Å². The van der Waals surface area contributed by atoms with Crippen LogP contribution in [0.15, 0.2) is 71.3 Å². The molecule has 0 radical (unpaired) electrons. The summed E-state index contributed by atoms with van der Waals surface area (Å²) in [5.74, 6) is 0. The number of allylic oxidation sites excluding steroid dienone is 4. The molecule has 0 spiro atoms. The molecule has 6 heteroatoms. The van der Waals surface area contributed by atoms with Gasteiger partial charge in [0.2, 0.25) is 0 Å². The summed E-state index contributed by atoms with van der Waals surface area (Å²) >= 11 is 0. The molecule has 0 N–H and O–H groups in total. The van der Waals surface area contributed by atoms with E-state index in [1.165, 1.54) is 60.1 Å². The van der Waals surface area contributed by atoms with Gasteiger partial charge in [0.05, 0.1) is 8.07 Å². The molecule has 218 valence electrons. The first-order chi connectivity index (χ1) is 17.1. The van der Waals surface area contributed by atoms with Gasteiger partial charge in [0, 0.05) is 0 Å². The van der Waals surface area contributed by atoms with E-state index in [1.54, 1.807) is 5.19 Å². The third kappa shape index (κ3) is 7.12. The molecule has 0 saturated heterocycles. The Labute approximate surface area is 286 Å². The number of benzene rings is 3. The van der Waals surface area contributed by atoms with Gasteiger partial charge in [-0.2, -0.15) is 11.1 Å². The Hall–Kier alpha value is -0.842.